The fourth-order valence-corrected chi connectivity index (χ4v) is 1.35. The number of aromatic nitrogens is 3. The summed E-state index contributed by atoms with van der Waals surface area (Å²) in [6.07, 6.45) is 1.67. The number of aryl methyl sites for hydroxylation is 1. The highest BCUT2D eigenvalue weighted by Gasteiger charge is 2.14. The lowest BCUT2D eigenvalue weighted by Crippen LogP contribution is -2.07. The van der Waals surface area contributed by atoms with Crippen LogP contribution in [0.5, 0.6) is 0 Å². The predicted octanol–water partition coefficient (Wildman–Crippen LogP) is 1.26. The Kier molecular flexibility index (Phi) is 3.38. The van der Waals surface area contributed by atoms with Gasteiger partial charge in [0.05, 0.1) is 12.7 Å². The molecule has 0 aliphatic rings. The third kappa shape index (κ3) is 2.82. The molecule has 0 spiro atoms. The van der Waals surface area contributed by atoms with Crippen LogP contribution < -0.4 is 10.6 Å². The Labute approximate surface area is 98.6 Å². The molecule has 2 rings (SSSR count). The molecule has 2 aromatic heterocycles. The maximum atomic E-state index is 5.40. The number of nitrogens with one attached hydrogen (secondary N) is 2. The van der Waals surface area contributed by atoms with Gasteiger partial charge in [-0.1, -0.05) is 5.10 Å². The van der Waals surface area contributed by atoms with Gasteiger partial charge in [-0.25, -0.2) is 4.98 Å². The summed E-state index contributed by atoms with van der Waals surface area (Å²) in [5.74, 6) is 1.90. The highest BCUT2D eigenvalue weighted by atomic mass is 16.4. The summed E-state index contributed by atoms with van der Waals surface area (Å²) in [6.45, 7) is 4.30. The Morgan fingerprint density at radius 3 is 2.82 bits per heavy atom. The van der Waals surface area contributed by atoms with Gasteiger partial charge < -0.3 is 19.5 Å². The van der Waals surface area contributed by atoms with Gasteiger partial charge in [0.2, 0.25) is 11.8 Å². The van der Waals surface area contributed by atoms with Crippen molar-refractivity contribution in [2.75, 3.05) is 12.4 Å². The number of rotatable bonds is 5. The molecule has 92 valence electrons. The molecule has 2 heterocycles. The summed E-state index contributed by atoms with van der Waals surface area (Å²) >= 11 is 0. The first-order chi connectivity index (χ1) is 8.19. The Hall–Kier alpha value is -1.89. The van der Waals surface area contributed by atoms with E-state index in [1.54, 1.807) is 6.20 Å². The van der Waals surface area contributed by atoms with E-state index in [0.717, 1.165) is 5.76 Å². The first-order valence-corrected chi connectivity index (χ1v) is 5.35. The fraction of sp³-hybridized carbons (Fsp3) is 0.500. The van der Waals surface area contributed by atoms with Crippen molar-refractivity contribution >= 4 is 6.01 Å². The zero-order valence-corrected chi connectivity index (χ0v) is 10.0. The zero-order chi connectivity index (χ0) is 12.3. The van der Waals surface area contributed by atoms with Gasteiger partial charge >= 0.3 is 6.01 Å². The van der Waals surface area contributed by atoms with Crippen molar-refractivity contribution in [1.82, 2.24) is 20.5 Å². The summed E-state index contributed by atoms with van der Waals surface area (Å²) in [4.78, 5) is 4.12. The molecule has 2 aromatic rings. The van der Waals surface area contributed by atoms with Crippen LogP contribution in [0.1, 0.15) is 30.5 Å². The van der Waals surface area contributed by atoms with Crippen molar-refractivity contribution in [3.8, 4) is 0 Å². The number of oxazole rings is 1. The lowest BCUT2D eigenvalue weighted by Gasteiger charge is -2.06. The van der Waals surface area contributed by atoms with E-state index in [1.165, 1.54) is 0 Å². The molecular weight excluding hydrogens is 222 g/mol. The summed E-state index contributed by atoms with van der Waals surface area (Å²) in [5.41, 5.74) is 0. The van der Waals surface area contributed by atoms with Crippen molar-refractivity contribution in [3.05, 3.63) is 23.7 Å². The highest BCUT2D eigenvalue weighted by molar-refractivity contribution is 5.21. The van der Waals surface area contributed by atoms with Crippen LogP contribution in [-0.4, -0.2) is 22.2 Å². The van der Waals surface area contributed by atoms with Crippen molar-refractivity contribution in [2.24, 2.45) is 0 Å². The van der Waals surface area contributed by atoms with E-state index in [0.29, 0.717) is 24.3 Å². The second-order valence-electron chi connectivity index (χ2n) is 3.71. The van der Waals surface area contributed by atoms with Gasteiger partial charge in [-0.05, 0) is 20.9 Å². The van der Waals surface area contributed by atoms with Gasteiger partial charge in [-0.2, -0.15) is 0 Å². The molecule has 0 saturated heterocycles. The van der Waals surface area contributed by atoms with E-state index in [4.69, 9.17) is 8.83 Å². The molecule has 7 nitrogen and oxygen atoms in total. The van der Waals surface area contributed by atoms with Gasteiger partial charge in [-0.3, -0.25) is 0 Å². The maximum Gasteiger partial charge on any atom is 0.316 e. The van der Waals surface area contributed by atoms with Crippen molar-refractivity contribution in [3.63, 3.8) is 0 Å². The van der Waals surface area contributed by atoms with E-state index >= 15 is 0 Å². The average Bonchev–Trinajstić information content (AvgIpc) is 2.88. The van der Waals surface area contributed by atoms with Crippen molar-refractivity contribution in [2.45, 2.75) is 26.4 Å². The molecule has 0 amide bonds. The minimum atomic E-state index is -0.119. The Morgan fingerprint density at radius 2 is 2.18 bits per heavy atom. The van der Waals surface area contributed by atoms with Crippen molar-refractivity contribution < 1.29 is 8.83 Å². The molecule has 7 heteroatoms. The summed E-state index contributed by atoms with van der Waals surface area (Å²) in [6, 6.07) is 0.241. The summed E-state index contributed by atoms with van der Waals surface area (Å²) in [5, 5.41) is 13.7. The molecule has 0 fully saturated rings. The molecule has 2 N–H and O–H groups in total. The third-order valence-electron chi connectivity index (χ3n) is 2.14. The average molecular weight is 237 g/mol. The molecule has 0 radical (unpaired) electrons. The second kappa shape index (κ2) is 4.96. The smallest absolute Gasteiger partial charge is 0.316 e. The van der Waals surface area contributed by atoms with E-state index in [2.05, 4.69) is 25.8 Å². The minimum Gasteiger partial charge on any atom is -0.444 e. The second-order valence-corrected chi connectivity index (χ2v) is 3.71. The molecule has 1 unspecified atom stereocenters. The van der Waals surface area contributed by atoms with E-state index in [9.17, 15) is 0 Å². The number of nitrogens with zero attached hydrogens (tertiary/aromatic N) is 3. The Bertz CT molecular complexity index is 479. The van der Waals surface area contributed by atoms with Gasteiger partial charge in [0, 0.05) is 0 Å². The lowest BCUT2D eigenvalue weighted by atomic mass is 10.3. The van der Waals surface area contributed by atoms with Gasteiger partial charge in [0.1, 0.15) is 11.8 Å². The molecule has 0 saturated carbocycles. The largest absolute Gasteiger partial charge is 0.444 e. The van der Waals surface area contributed by atoms with Crippen LogP contribution in [0.15, 0.2) is 15.0 Å². The van der Waals surface area contributed by atoms with Crippen molar-refractivity contribution in [1.29, 1.82) is 0 Å². The van der Waals surface area contributed by atoms with Crippen LogP contribution in [0.4, 0.5) is 6.01 Å². The fourth-order valence-electron chi connectivity index (χ4n) is 1.35. The van der Waals surface area contributed by atoms with Gasteiger partial charge in [0.25, 0.3) is 0 Å². The summed E-state index contributed by atoms with van der Waals surface area (Å²) in [7, 11) is 1.81. The first-order valence-electron chi connectivity index (χ1n) is 5.35. The molecule has 0 aliphatic heterocycles. The minimum absolute atomic E-state index is 0.119. The van der Waals surface area contributed by atoms with E-state index < -0.39 is 0 Å². The van der Waals surface area contributed by atoms with E-state index in [1.807, 2.05) is 20.9 Å². The Balaban J connectivity index is 1.99. The normalized spacial score (nSPS) is 12.6. The van der Waals surface area contributed by atoms with Gasteiger partial charge in [0.15, 0.2) is 0 Å². The van der Waals surface area contributed by atoms with Crippen LogP contribution in [0.2, 0.25) is 0 Å². The standard InChI is InChI=1S/C10H15N5O2/c1-6-4-12-9(16-6)7(2)13-10-15-14-8(17-10)5-11-3/h4,7,11H,5H2,1-3H3,(H,13,15). The van der Waals surface area contributed by atoms with Crippen LogP contribution in [0.3, 0.4) is 0 Å². The zero-order valence-electron chi connectivity index (χ0n) is 10.0. The molecule has 1 atom stereocenters. The molecule has 0 aliphatic carbocycles. The summed E-state index contributed by atoms with van der Waals surface area (Å²) < 4.78 is 10.8. The molecule has 0 bridgehead atoms. The predicted molar refractivity (Wildman–Crippen MR) is 60.3 cm³/mol. The molecule has 0 aromatic carbocycles. The lowest BCUT2D eigenvalue weighted by molar-refractivity contribution is 0.441. The number of anilines is 1. The quantitative estimate of drug-likeness (QED) is 0.809. The first kappa shape index (κ1) is 11.6. The number of hydrogen-bond acceptors (Lipinski definition) is 7. The van der Waals surface area contributed by atoms with Gasteiger partial charge in [-0.15, -0.1) is 5.10 Å². The van der Waals surface area contributed by atoms with Crippen LogP contribution >= 0.6 is 0 Å². The number of hydrogen-bond donors (Lipinski definition) is 2. The SMILES string of the molecule is CNCc1nnc(NC(C)c2ncc(C)o2)o1. The van der Waals surface area contributed by atoms with Crippen LogP contribution in [0.25, 0.3) is 0 Å². The van der Waals surface area contributed by atoms with E-state index in [-0.39, 0.29) is 6.04 Å². The molecular formula is C10H15N5O2. The highest BCUT2D eigenvalue weighted by Crippen LogP contribution is 2.17. The third-order valence-corrected chi connectivity index (χ3v) is 2.14. The molecule has 17 heavy (non-hydrogen) atoms. The van der Waals surface area contributed by atoms with Crippen LogP contribution in [-0.2, 0) is 6.54 Å². The maximum absolute atomic E-state index is 5.40. The monoisotopic (exact) mass is 237 g/mol. The Morgan fingerprint density at radius 1 is 1.35 bits per heavy atom. The topological polar surface area (TPSA) is 89.0 Å². The van der Waals surface area contributed by atoms with Crippen LogP contribution in [0, 0.1) is 6.92 Å².